The van der Waals surface area contributed by atoms with E-state index in [1.165, 1.54) is 19.2 Å². The molecule has 6 nitrogen and oxygen atoms in total. The van der Waals surface area contributed by atoms with E-state index in [1.807, 2.05) is 37.3 Å². The molecule has 1 aliphatic heterocycles. The highest BCUT2D eigenvalue weighted by molar-refractivity contribution is 7.89. The molecule has 0 aromatic heterocycles. The van der Waals surface area contributed by atoms with Gasteiger partial charge in [-0.2, -0.15) is 4.31 Å². The molecule has 2 aromatic carbocycles. The van der Waals surface area contributed by atoms with Gasteiger partial charge in [0.1, 0.15) is 6.10 Å². The van der Waals surface area contributed by atoms with Crippen LogP contribution >= 0.6 is 0 Å². The molecule has 3 rings (SSSR count). The summed E-state index contributed by atoms with van der Waals surface area (Å²) >= 11 is 0. The number of rotatable bonds is 5. The van der Waals surface area contributed by atoms with E-state index >= 15 is 0 Å². The number of likely N-dealkylation sites (N-methyl/N-ethyl adjacent to an activating group) is 1. The lowest BCUT2D eigenvalue weighted by atomic mass is 10.1. The number of benzene rings is 2. The molecule has 1 heterocycles. The van der Waals surface area contributed by atoms with Crippen LogP contribution in [0.2, 0.25) is 0 Å². The Morgan fingerprint density at radius 3 is 2.30 bits per heavy atom. The Morgan fingerprint density at radius 1 is 1.07 bits per heavy atom. The minimum Gasteiger partial charge on any atom is -0.367 e. The molecule has 1 aliphatic rings. The molecule has 0 spiro atoms. The van der Waals surface area contributed by atoms with Crippen LogP contribution in [0.25, 0.3) is 0 Å². The molecule has 1 saturated heterocycles. The number of hydrogen-bond acceptors (Lipinski definition) is 4. The highest BCUT2D eigenvalue weighted by atomic mass is 32.2. The largest absolute Gasteiger partial charge is 0.367 e. The molecular weight excluding hydrogens is 364 g/mol. The summed E-state index contributed by atoms with van der Waals surface area (Å²) in [7, 11) is -2.27. The van der Waals surface area contributed by atoms with Crippen molar-refractivity contribution in [2.45, 2.75) is 24.0 Å². The molecule has 0 saturated carbocycles. The van der Waals surface area contributed by atoms with Crippen molar-refractivity contribution in [2.24, 2.45) is 0 Å². The van der Waals surface area contributed by atoms with E-state index < -0.39 is 10.0 Å². The SMILES string of the molecule is CC1CN(C(=O)CN(C)S(=O)(=O)c2ccccc2)CC(c2ccccc2)O1. The van der Waals surface area contributed by atoms with Gasteiger partial charge in [0.2, 0.25) is 15.9 Å². The van der Waals surface area contributed by atoms with Crippen LogP contribution in [-0.4, -0.2) is 56.3 Å². The second-order valence-electron chi connectivity index (χ2n) is 6.72. The smallest absolute Gasteiger partial charge is 0.243 e. The van der Waals surface area contributed by atoms with Crippen molar-refractivity contribution in [3.05, 3.63) is 66.2 Å². The predicted molar refractivity (Wildman–Crippen MR) is 103 cm³/mol. The zero-order valence-electron chi connectivity index (χ0n) is 15.5. The monoisotopic (exact) mass is 388 g/mol. The van der Waals surface area contributed by atoms with E-state index in [0.717, 1.165) is 9.87 Å². The number of sulfonamides is 1. The second-order valence-corrected chi connectivity index (χ2v) is 8.76. The van der Waals surface area contributed by atoms with Gasteiger partial charge in [-0.05, 0) is 24.6 Å². The van der Waals surface area contributed by atoms with Crippen LogP contribution in [0.15, 0.2) is 65.6 Å². The van der Waals surface area contributed by atoms with Crippen molar-refractivity contribution in [1.82, 2.24) is 9.21 Å². The Hall–Kier alpha value is -2.22. The number of nitrogens with zero attached hydrogens (tertiary/aromatic N) is 2. The van der Waals surface area contributed by atoms with Crippen LogP contribution in [0, 0.1) is 0 Å². The van der Waals surface area contributed by atoms with Crippen LogP contribution in [0.1, 0.15) is 18.6 Å². The Kier molecular flexibility index (Phi) is 5.94. The van der Waals surface area contributed by atoms with Crippen molar-refractivity contribution < 1.29 is 17.9 Å². The fourth-order valence-corrected chi connectivity index (χ4v) is 4.30. The average Bonchev–Trinajstić information content (AvgIpc) is 2.68. The van der Waals surface area contributed by atoms with E-state index in [4.69, 9.17) is 4.74 Å². The molecule has 1 fully saturated rings. The zero-order valence-corrected chi connectivity index (χ0v) is 16.3. The standard InChI is InChI=1S/C20H24N2O4S/c1-16-13-22(14-19(26-16)17-9-5-3-6-10-17)20(23)15-21(2)27(24,25)18-11-7-4-8-12-18/h3-12,16,19H,13-15H2,1-2H3. The van der Waals surface area contributed by atoms with Crippen LogP contribution in [0.4, 0.5) is 0 Å². The van der Waals surface area contributed by atoms with Gasteiger partial charge in [0.15, 0.2) is 0 Å². The van der Waals surface area contributed by atoms with Crippen molar-refractivity contribution in [1.29, 1.82) is 0 Å². The fourth-order valence-electron chi connectivity index (χ4n) is 3.15. The summed E-state index contributed by atoms with van der Waals surface area (Å²) in [6, 6.07) is 17.9. The first kappa shape index (κ1) is 19.5. The molecular formula is C20H24N2O4S. The summed E-state index contributed by atoms with van der Waals surface area (Å²) in [4.78, 5) is 14.6. The number of ether oxygens (including phenoxy) is 1. The third-order valence-electron chi connectivity index (χ3n) is 4.59. The van der Waals surface area contributed by atoms with E-state index in [-0.39, 0.29) is 29.6 Å². The molecule has 2 aromatic rings. The van der Waals surface area contributed by atoms with Gasteiger partial charge in [-0.25, -0.2) is 8.42 Å². The van der Waals surface area contributed by atoms with E-state index in [2.05, 4.69) is 0 Å². The van der Waals surface area contributed by atoms with Crippen LogP contribution in [0.3, 0.4) is 0 Å². The molecule has 7 heteroatoms. The molecule has 2 atom stereocenters. The van der Waals surface area contributed by atoms with Crippen molar-refractivity contribution in [3.63, 3.8) is 0 Å². The van der Waals surface area contributed by atoms with Crippen LogP contribution < -0.4 is 0 Å². The highest BCUT2D eigenvalue weighted by Crippen LogP contribution is 2.25. The van der Waals surface area contributed by atoms with Crippen molar-refractivity contribution >= 4 is 15.9 Å². The van der Waals surface area contributed by atoms with Gasteiger partial charge >= 0.3 is 0 Å². The maximum absolute atomic E-state index is 12.8. The third-order valence-corrected chi connectivity index (χ3v) is 6.41. The fraction of sp³-hybridized carbons (Fsp3) is 0.350. The van der Waals surface area contributed by atoms with Gasteiger partial charge < -0.3 is 9.64 Å². The minimum absolute atomic E-state index is 0.121. The maximum Gasteiger partial charge on any atom is 0.243 e. The van der Waals surface area contributed by atoms with E-state index in [1.54, 1.807) is 23.1 Å². The lowest BCUT2D eigenvalue weighted by Crippen LogP contribution is -2.49. The summed E-state index contributed by atoms with van der Waals surface area (Å²) in [6.45, 7) is 2.57. The highest BCUT2D eigenvalue weighted by Gasteiger charge is 2.31. The first-order chi connectivity index (χ1) is 12.9. The molecule has 144 valence electrons. The van der Waals surface area contributed by atoms with Gasteiger partial charge in [-0.3, -0.25) is 4.79 Å². The van der Waals surface area contributed by atoms with Crippen LogP contribution in [0.5, 0.6) is 0 Å². The Bertz CT molecular complexity index is 871. The number of carbonyl (C=O) groups is 1. The molecule has 2 unspecified atom stereocenters. The van der Waals surface area contributed by atoms with E-state index in [0.29, 0.717) is 13.1 Å². The summed E-state index contributed by atoms with van der Waals surface area (Å²) < 4.78 is 32.3. The quantitative estimate of drug-likeness (QED) is 0.788. The molecule has 0 aliphatic carbocycles. The van der Waals surface area contributed by atoms with Crippen molar-refractivity contribution in [3.8, 4) is 0 Å². The summed E-state index contributed by atoms with van der Waals surface area (Å²) in [5.74, 6) is -0.229. The van der Waals surface area contributed by atoms with Gasteiger partial charge in [-0.1, -0.05) is 48.5 Å². The molecule has 1 amide bonds. The van der Waals surface area contributed by atoms with Crippen LogP contribution in [-0.2, 0) is 19.6 Å². The van der Waals surface area contributed by atoms with E-state index in [9.17, 15) is 13.2 Å². The normalized spacial score (nSPS) is 20.6. The first-order valence-corrected chi connectivity index (χ1v) is 10.3. The topological polar surface area (TPSA) is 66.9 Å². The molecule has 0 bridgehead atoms. The second kappa shape index (κ2) is 8.21. The van der Waals surface area contributed by atoms with Crippen molar-refractivity contribution in [2.75, 3.05) is 26.7 Å². The number of amides is 1. The maximum atomic E-state index is 12.8. The first-order valence-electron chi connectivity index (χ1n) is 8.87. The zero-order chi connectivity index (χ0) is 19.4. The lowest BCUT2D eigenvalue weighted by Gasteiger charge is -2.37. The molecule has 0 N–H and O–H groups in total. The number of morpholine rings is 1. The summed E-state index contributed by atoms with van der Waals surface area (Å²) in [5, 5.41) is 0. The third kappa shape index (κ3) is 4.55. The Morgan fingerprint density at radius 2 is 1.67 bits per heavy atom. The van der Waals surface area contributed by atoms with Gasteiger partial charge in [0.05, 0.1) is 24.1 Å². The predicted octanol–water partition coefficient (Wildman–Crippen LogP) is 2.30. The Balaban J connectivity index is 1.70. The molecule has 27 heavy (non-hydrogen) atoms. The van der Waals surface area contributed by atoms with Gasteiger partial charge in [-0.15, -0.1) is 0 Å². The number of hydrogen-bond donors (Lipinski definition) is 0. The van der Waals surface area contributed by atoms with Gasteiger partial charge in [0.25, 0.3) is 0 Å². The Labute approximate surface area is 160 Å². The van der Waals surface area contributed by atoms with Gasteiger partial charge in [0, 0.05) is 13.6 Å². The summed E-state index contributed by atoms with van der Waals surface area (Å²) in [6.07, 6.45) is -0.334. The minimum atomic E-state index is -3.70. The molecule has 0 radical (unpaired) electrons. The lowest BCUT2D eigenvalue weighted by molar-refractivity contribution is -0.144. The number of carbonyl (C=O) groups excluding carboxylic acids is 1. The average molecular weight is 388 g/mol. The summed E-state index contributed by atoms with van der Waals surface area (Å²) in [5.41, 5.74) is 1.01.